The fourth-order valence-electron chi connectivity index (χ4n) is 1.13. The molecule has 1 rings (SSSR count). The highest BCUT2D eigenvalue weighted by Gasteiger charge is 2.14. The largest absolute Gasteiger partial charge is 0.465 e. The third-order valence-corrected chi connectivity index (χ3v) is 1.92. The Bertz CT molecular complexity index is 440. The minimum Gasteiger partial charge on any atom is -0.465 e. The summed E-state index contributed by atoms with van der Waals surface area (Å²) in [6, 6.07) is 2.84. The molecule has 0 aliphatic rings. The Labute approximate surface area is 92.7 Å². The van der Waals surface area contributed by atoms with Crippen molar-refractivity contribution in [1.29, 1.82) is 0 Å². The van der Waals surface area contributed by atoms with Crippen LogP contribution in [0.2, 0.25) is 0 Å². The number of hydrogen-bond acceptors (Lipinski definition) is 5. The molecule has 1 heterocycles. The van der Waals surface area contributed by atoms with Gasteiger partial charge in [-0.1, -0.05) is 6.58 Å². The van der Waals surface area contributed by atoms with Gasteiger partial charge in [0.15, 0.2) is 0 Å². The summed E-state index contributed by atoms with van der Waals surface area (Å²) in [5, 5.41) is 0. The van der Waals surface area contributed by atoms with Gasteiger partial charge in [0.1, 0.15) is 5.69 Å². The molecule has 0 aliphatic carbocycles. The Morgan fingerprint density at radius 3 is 2.38 bits per heavy atom. The van der Waals surface area contributed by atoms with Crippen LogP contribution in [0.1, 0.15) is 26.5 Å². The molecule has 16 heavy (non-hydrogen) atoms. The van der Waals surface area contributed by atoms with E-state index < -0.39 is 11.9 Å². The minimum atomic E-state index is -0.570. The molecule has 5 nitrogen and oxygen atoms in total. The van der Waals surface area contributed by atoms with E-state index >= 15 is 0 Å². The Morgan fingerprint density at radius 2 is 1.88 bits per heavy atom. The molecule has 0 fully saturated rings. The molecule has 0 atom stereocenters. The van der Waals surface area contributed by atoms with Crippen molar-refractivity contribution >= 4 is 18.0 Å². The van der Waals surface area contributed by atoms with Crippen molar-refractivity contribution in [2.24, 2.45) is 0 Å². The van der Waals surface area contributed by atoms with E-state index in [1.54, 1.807) is 0 Å². The van der Waals surface area contributed by atoms with E-state index in [0.717, 1.165) is 0 Å². The van der Waals surface area contributed by atoms with Crippen molar-refractivity contribution in [2.45, 2.75) is 0 Å². The van der Waals surface area contributed by atoms with E-state index in [1.165, 1.54) is 32.4 Å². The van der Waals surface area contributed by atoms with E-state index in [1.807, 2.05) is 0 Å². The lowest BCUT2D eigenvalue weighted by atomic mass is 10.1. The number of hydrogen-bond donors (Lipinski definition) is 0. The third-order valence-electron chi connectivity index (χ3n) is 1.92. The summed E-state index contributed by atoms with van der Waals surface area (Å²) in [4.78, 5) is 26.5. The molecule has 0 N–H and O–H groups in total. The van der Waals surface area contributed by atoms with Gasteiger partial charge < -0.3 is 9.47 Å². The van der Waals surface area contributed by atoms with Crippen LogP contribution in [0.15, 0.2) is 18.7 Å². The summed E-state index contributed by atoms with van der Waals surface area (Å²) >= 11 is 0. The number of methoxy groups -OCH3 is 2. The van der Waals surface area contributed by atoms with Gasteiger partial charge in [0.05, 0.1) is 25.5 Å². The SMILES string of the molecule is C=Cc1nc(C(=O)OC)ccc1C(=O)OC. The zero-order valence-electron chi connectivity index (χ0n) is 9.02. The van der Waals surface area contributed by atoms with Gasteiger partial charge in [0.2, 0.25) is 0 Å². The van der Waals surface area contributed by atoms with Crippen LogP contribution < -0.4 is 0 Å². The lowest BCUT2D eigenvalue weighted by Gasteiger charge is -2.05. The number of esters is 2. The molecule has 0 saturated heterocycles. The molecule has 1 aromatic heterocycles. The van der Waals surface area contributed by atoms with E-state index in [-0.39, 0.29) is 17.0 Å². The third kappa shape index (κ3) is 2.25. The summed E-state index contributed by atoms with van der Waals surface area (Å²) in [6.07, 6.45) is 1.37. The van der Waals surface area contributed by atoms with Crippen molar-refractivity contribution in [3.63, 3.8) is 0 Å². The van der Waals surface area contributed by atoms with Crippen LogP contribution in [0.3, 0.4) is 0 Å². The highest BCUT2D eigenvalue weighted by Crippen LogP contribution is 2.11. The van der Waals surface area contributed by atoms with Crippen LogP contribution in [0, 0.1) is 0 Å². The van der Waals surface area contributed by atoms with Gasteiger partial charge in [-0.15, -0.1) is 0 Å². The Balaban J connectivity index is 3.21. The highest BCUT2D eigenvalue weighted by molar-refractivity contribution is 5.94. The second kappa shape index (κ2) is 5.06. The summed E-state index contributed by atoms with van der Waals surface area (Å²) in [5.41, 5.74) is 0.657. The Hall–Kier alpha value is -2.17. The fourth-order valence-corrected chi connectivity index (χ4v) is 1.13. The quantitative estimate of drug-likeness (QED) is 0.720. The van der Waals surface area contributed by atoms with Crippen LogP contribution in [-0.4, -0.2) is 31.1 Å². The van der Waals surface area contributed by atoms with Crippen LogP contribution >= 0.6 is 0 Å². The second-order valence-corrected chi connectivity index (χ2v) is 2.82. The zero-order chi connectivity index (χ0) is 12.1. The lowest BCUT2D eigenvalue weighted by Crippen LogP contribution is -2.10. The lowest BCUT2D eigenvalue weighted by molar-refractivity contribution is 0.0580. The molecule has 0 aliphatic heterocycles. The average Bonchev–Trinajstić information content (AvgIpc) is 2.35. The van der Waals surface area contributed by atoms with Gasteiger partial charge in [0, 0.05) is 0 Å². The summed E-state index contributed by atoms with van der Waals surface area (Å²) in [7, 11) is 2.52. The van der Waals surface area contributed by atoms with Crippen LogP contribution in [0.25, 0.3) is 6.08 Å². The fraction of sp³-hybridized carbons (Fsp3) is 0.182. The minimum absolute atomic E-state index is 0.116. The van der Waals surface area contributed by atoms with Crippen molar-refractivity contribution in [3.05, 3.63) is 35.7 Å². The smallest absolute Gasteiger partial charge is 0.356 e. The first-order valence-corrected chi connectivity index (χ1v) is 4.44. The van der Waals surface area contributed by atoms with Crippen molar-refractivity contribution in [3.8, 4) is 0 Å². The van der Waals surface area contributed by atoms with Gasteiger partial charge in [-0.2, -0.15) is 0 Å². The number of ether oxygens (including phenoxy) is 2. The average molecular weight is 221 g/mol. The molecule has 0 unspecified atom stereocenters. The number of rotatable bonds is 3. The molecule has 0 saturated carbocycles. The first-order chi connectivity index (χ1) is 7.63. The molecule has 0 bridgehead atoms. The van der Waals surface area contributed by atoms with Crippen LogP contribution in [-0.2, 0) is 9.47 Å². The van der Waals surface area contributed by atoms with Gasteiger partial charge >= 0.3 is 11.9 Å². The number of pyridine rings is 1. The first-order valence-electron chi connectivity index (χ1n) is 4.44. The molecule has 0 radical (unpaired) electrons. The maximum Gasteiger partial charge on any atom is 0.356 e. The molecule has 0 aromatic carbocycles. The topological polar surface area (TPSA) is 65.5 Å². The van der Waals surface area contributed by atoms with Crippen molar-refractivity contribution < 1.29 is 19.1 Å². The molecular weight excluding hydrogens is 210 g/mol. The normalized spacial score (nSPS) is 9.38. The van der Waals surface area contributed by atoms with Crippen LogP contribution in [0.4, 0.5) is 0 Å². The van der Waals surface area contributed by atoms with Crippen molar-refractivity contribution in [1.82, 2.24) is 4.98 Å². The van der Waals surface area contributed by atoms with Gasteiger partial charge in [-0.25, -0.2) is 14.6 Å². The maximum absolute atomic E-state index is 11.3. The van der Waals surface area contributed by atoms with Gasteiger partial charge in [-0.3, -0.25) is 0 Å². The number of carbonyl (C=O) groups is 2. The zero-order valence-corrected chi connectivity index (χ0v) is 9.02. The summed E-state index contributed by atoms with van der Waals surface area (Å²) in [5.74, 6) is -1.10. The molecule has 1 aromatic rings. The van der Waals surface area contributed by atoms with E-state index in [2.05, 4.69) is 21.0 Å². The van der Waals surface area contributed by atoms with Crippen LogP contribution in [0.5, 0.6) is 0 Å². The molecule has 5 heteroatoms. The molecule has 84 valence electrons. The predicted molar refractivity (Wildman–Crippen MR) is 57.0 cm³/mol. The Kier molecular flexibility index (Phi) is 3.77. The summed E-state index contributed by atoms with van der Waals surface area (Å²) in [6.45, 7) is 3.51. The molecular formula is C11H11NO4. The number of carbonyl (C=O) groups excluding carboxylic acids is 2. The number of aromatic nitrogens is 1. The van der Waals surface area contributed by atoms with Gasteiger partial charge in [-0.05, 0) is 18.2 Å². The van der Waals surface area contributed by atoms with E-state index in [4.69, 9.17) is 0 Å². The molecule has 0 amide bonds. The van der Waals surface area contributed by atoms with E-state index in [0.29, 0.717) is 0 Å². The maximum atomic E-state index is 11.3. The monoisotopic (exact) mass is 221 g/mol. The summed E-state index contributed by atoms with van der Waals surface area (Å²) < 4.78 is 9.07. The van der Waals surface area contributed by atoms with Gasteiger partial charge in [0.25, 0.3) is 0 Å². The molecule has 0 spiro atoms. The predicted octanol–water partition coefficient (Wildman–Crippen LogP) is 1.30. The first kappa shape index (κ1) is 11.9. The second-order valence-electron chi connectivity index (χ2n) is 2.82. The number of nitrogens with zero attached hydrogens (tertiary/aromatic N) is 1. The standard InChI is InChI=1S/C11H11NO4/c1-4-8-7(10(13)15-2)5-6-9(12-8)11(14)16-3/h4-6H,1H2,2-3H3. The Morgan fingerprint density at radius 1 is 1.25 bits per heavy atom. The highest BCUT2D eigenvalue weighted by atomic mass is 16.5. The van der Waals surface area contributed by atoms with E-state index in [9.17, 15) is 9.59 Å². The van der Waals surface area contributed by atoms with Crippen molar-refractivity contribution in [2.75, 3.05) is 14.2 Å².